The minimum Gasteiger partial charge on any atom is -0.508 e. The van der Waals surface area contributed by atoms with Crippen molar-refractivity contribution in [1.29, 1.82) is 0 Å². The lowest BCUT2D eigenvalue weighted by atomic mass is 9.89. The molecule has 0 bridgehead atoms. The summed E-state index contributed by atoms with van der Waals surface area (Å²) in [7, 11) is 0. The highest BCUT2D eigenvalue weighted by molar-refractivity contribution is 7.96. The van der Waals surface area contributed by atoms with Crippen LogP contribution in [-0.4, -0.2) is 42.8 Å². The van der Waals surface area contributed by atoms with Gasteiger partial charge in [-0.1, -0.05) is 36.4 Å². The Labute approximate surface area is 184 Å². The molecular weight excluding hydrogens is 431 g/mol. The lowest BCUT2D eigenvalue weighted by Gasteiger charge is -2.36. The van der Waals surface area contributed by atoms with E-state index in [-0.39, 0.29) is 22.5 Å². The number of rotatable bonds is 6. The van der Waals surface area contributed by atoms with Gasteiger partial charge in [-0.3, -0.25) is 4.79 Å². The molecule has 7 nitrogen and oxygen atoms in total. The highest BCUT2D eigenvalue weighted by Crippen LogP contribution is 2.51. The Kier molecular flexibility index (Phi) is 6.06. The summed E-state index contributed by atoms with van der Waals surface area (Å²) < 4.78 is 0. The second-order valence-corrected chi connectivity index (χ2v) is 11.2. The van der Waals surface area contributed by atoms with E-state index >= 15 is 0 Å². The van der Waals surface area contributed by atoms with E-state index < -0.39 is 24.2 Å². The molecule has 8 heteroatoms. The molecule has 0 spiro atoms. The number of aliphatic carboxylic acids is 2. The van der Waals surface area contributed by atoms with Crippen LogP contribution in [-0.2, 0) is 9.59 Å². The summed E-state index contributed by atoms with van der Waals surface area (Å²) in [4.78, 5) is 25.1. The Hall–Kier alpha value is -3.70. The molecule has 0 amide bonds. The third-order valence-corrected chi connectivity index (χ3v) is 9.90. The third-order valence-electron chi connectivity index (χ3n) is 5.32. The number of carboxylic acids is 2. The molecule has 3 rings (SSSR count). The van der Waals surface area contributed by atoms with Crippen molar-refractivity contribution in [2.45, 2.75) is 13.8 Å². The second kappa shape index (κ2) is 8.44. The van der Waals surface area contributed by atoms with Gasteiger partial charge in [0.15, 0.2) is 0 Å². The van der Waals surface area contributed by atoms with Crippen LogP contribution in [0.4, 0.5) is 0 Å². The smallest absolute Gasteiger partial charge is 0.333 e. The number of phenols is 3. The largest absolute Gasteiger partial charge is 0.508 e. The molecule has 0 saturated carbocycles. The van der Waals surface area contributed by atoms with E-state index in [2.05, 4.69) is 0 Å². The van der Waals surface area contributed by atoms with E-state index in [0.717, 1.165) is 0 Å². The summed E-state index contributed by atoms with van der Waals surface area (Å²) >= 11 is 0. The first-order chi connectivity index (χ1) is 15.0. The van der Waals surface area contributed by atoms with Gasteiger partial charge in [0.05, 0.1) is 10.7 Å². The molecule has 0 aliphatic heterocycles. The maximum Gasteiger partial charge on any atom is 0.333 e. The SMILES string of the molecule is CC(C)(C(=O)O)C(C(=O)O)=P(c1cccc(O)c1)(c1cccc(O)c1)c1cccc(O)c1. The number of carbonyl (C=O) groups is 2. The summed E-state index contributed by atoms with van der Waals surface area (Å²) in [5.74, 6) is -3.18. The second-order valence-electron chi connectivity index (χ2n) is 7.81. The van der Waals surface area contributed by atoms with Crippen molar-refractivity contribution in [2.24, 2.45) is 5.41 Å². The fourth-order valence-electron chi connectivity index (χ4n) is 3.87. The molecule has 166 valence electrons. The van der Waals surface area contributed by atoms with Gasteiger partial charge in [0.1, 0.15) is 17.2 Å². The van der Waals surface area contributed by atoms with Gasteiger partial charge in [0.25, 0.3) is 0 Å². The molecular formula is C24H23O7P. The number of hydrogen-bond donors (Lipinski definition) is 5. The summed E-state index contributed by atoms with van der Waals surface area (Å²) in [6, 6.07) is 17.9. The molecule has 3 aromatic rings. The fourth-order valence-corrected chi connectivity index (χ4v) is 8.67. The molecule has 0 heterocycles. The van der Waals surface area contributed by atoms with Crippen LogP contribution in [0.1, 0.15) is 13.8 Å². The number of phenolic OH excluding ortho intramolecular Hbond substituents is 3. The van der Waals surface area contributed by atoms with E-state index in [1.807, 2.05) is 0 Å². The van der Waals surface area contributed by atoms with Crippen molar-refractivity contribution < 1.29 is 35.1 Å². The maximum atomic E-state index is 12.8. The zero-order chi connectivity index (χ0) is 23.7. The minimum absolute atomic E-state index is 0.134. The van der Waals surface area contributed by atoms with Gasteiger partial charge < -0.3 is 25.5 Å². The van der Waals surface area contributed by atoms with Gasteiger partial charge in [-0.25, -0.2) is 4.79 Å². The van der Waals surface area contributed by atoms with Crippen LogP contribution < -0.4 is 15.9 Å². The molecule has 0 fully saturated rings. The van der Waals surface area contributed by atoms with Gasteiger partial charge in [0, 0.05) is 0 Å². The Morgan fingerprint density at radius 2 is 1.03 bits per heavy atom. The molecule has 0 saturated heterocycles. The zero-order valence-electron chi connectivity index (χ0n) is 17.4. The van der Waals surface area contributed by atoms with Crippen molar-refractivity contribution >= 4 is 40.0 Å². The number of hydrogen-bond acceptors (Lipinski definition) is 5. The monoisotopic (exact) mass is 454 g/mol. The maximum absolute atomic E-state index is 12.8. The number of carboxylic acid groups (broad SMARTS) is 2. The van der Waals surface area contributed by atoms with E-state index in [1.165, 1.54) is 68.4 Å². The predicted molar refractivity (Wildman–Crippen MR) is 124 cm³/mol. The highest BCUT2D eigenvalue weighted by Gasteiger charge is 2.45. The van der Waals surface area contributed by atoms with Crippen molar-refractivity contribution in [1.82, 2.24) is 0 Å². The van der Waals surface area contributed by atoms with E-state index in [1.54, 1.807) is 18.2 Å². The average Bonchev–Trinajstić information content (AvgIpc) is 2.71. The van der Waals surface area contributed by atoms with Crippen LogP contribution in [0.15, 0.2) is 72.8 Å². The van der Waals surface area contributed by atoms with Crippen molar-refractivity contribution in [3.8, 4) is 17.2 Å². The van der Waals surface area contributed by atoms with Crippen molar-refractivity contribution in [3.63, 3.8) is 0 Å². The highest BCUT2D eigenvalue weighted by atomic mass is 31.2. The lowest BCUT2D eigenvalue weighted by molar-refractivity contribution is -0.144. The van der Waals surface area contributed by atoms with Gasteiger partial charge in [-0.05, 0) is 73.0 Å². The van der Waals surface area contributed by atoms with E-state index in [4.69, 9.17) is 0 Å². The average molecular weight is 454 g/mol. The molecule has 0 radical (unpaired) electrons. The van der Waals surface area contributed by atoms with Gasteiger partial charge in [0.2, 0.25) is 0 Å². The Balaban J connectivity index is 2.78. The molecule has 0 aromatic heterocycles. The third kappa shape index (κ3) is 3.83. The van der Waals surface area contributed by atoms with Gasteiger partial charge >= 0.3 is 11.9 Å². The van der Waals surface area contributed by atoms with Crippen LogP contribution in [0, 0.1) is 5.41 Å². The molecule has 3 aromatic carbocycles. The first-order valence-electron chi connectivity index (χ1n) is 9.63. The Morgan fingerprint density at radius 3 is 1.28 bits per heavy atom. The van der Waals surface area contributed by atoms with Crippen LogP contribution >= 0.6 is 6.89 Å². The molecule has 0 atom stereocenters. The minimum atomic E-state index is -3.52. The van der Waals surface area contributed by atoms with E-state index in [9.17, 15) is 35.1 Å². The molecule has 0 aliphatic rings. The zero-order valence-corrected chi connectivity index (χ0v) is 18.3. The standard InChI is InChI=1S/C24H23O7P/c1-24(2,23(30)31)21(22(28)29)32(18-9-3-6-15(25)12-18,19-10-4-7-16(26)13-19)20-11-5-8-17(27)14-20/h3-14,25-27H,1-2H3,(H,28,29)(H,30,31). The first kappa shape index (κ1) is 23.0. The normalized spacial score (nSPS) is 11.7. The first-order valence-corrected chi connectivity index (χ1v) is 11.4. The van der Waals surface area contributed by atoms with Gasteiger partial charge in [-0.15, -0.1) is 0 Å². The van der Waals surface area contributed by atoms with Crippen molar-refractivity contribution in [3.05, 3.63) is 72.8 Å². The summed E-state index contributed by atoms with van der Waals surface area (Å²) in [6.45, 7) is -0.905. The Morgan fingerprint density at radius 1 is 0.688 bits per heavy atom. The Bertz CT molecular complexity index is 1140. The van der Waals surface area contributed by atoms with Crippen LogP contribution in [0.25, 0.3) is 0 Å². The molecule has 32 heavy (non-hydrogen) atoms. The number of aromatic hydroxyl groups is 3. The fraction of sp³-hybridized carbons (Fsp3) is 0.125. The van der Waals surface area contributed by atoms with Crippen LogP contribution in [0.2, 0.25) is 0 Å². The molecule has 0 aliphatic carbocycles. The molecule has 0 unspecified atom stereocenters. The summed E-state index contributed by atoms with van der Waals surface area (Å²) in [6.07, 6.45) is 0. The van der Waals surface area contributed by atoms with E-state index in [0.29, 0.717) is 15.9 Å². The van der Waals surface area contributed by atoms with Crippen LogP contribution in [0.5, 0.6) is 17.2 Å². The van der Waals surface area contributed by atoms with Crippen LogP contribution in [0.3, 0.4) is 0 Å². The predicted octanol–water partition coefficient (Wildman–Crippen LogP) is 2.47. The van der Waals surface area contributed by atoms with Crippen molar-refractivity contribution in [2.75, 3.05) is 0 Å². The van der Waals surface area contributed by atoms with Gasteiger partial charge in [-0.2, -0.15) is 0 Å². The number of benzene rings is 3. The molecule has 5 N–H and O–H groups in total. The quantitative estimate of drug-likeness (QED) is 0.361. The topological polar surface area (TPSA) is 135 Å². The summed E-state index contributed by atoms with van der Waals surface area (Å²) in [5.41, 5.74) is -1.85. The lowest BCUT2D eigenvalue weighted by Crippen LogP contribution is -2.44. The summed E-state index contributed by atoms with van der Waals surface area (Å²) in [5, 5.41) is 52.0.